The van der Waals surface area contributed by atoms with Gasteiger partial charge in [0, 0.05) is 30.5 Å². The molecule has 1 aromatic carbocycles. The van der Waals surface area contributed by atoms with E-state index in [1.54, 1.807) is 0 Å². The number of carboxylic acids is 1. The quantitative estimate of drug-likeness (QED) is 0.514. The average Bonchev–Trinajstić information content (AvgIpc) is 2.37. The first-order valence-electron chi connectivity index (χ1n) is 5.88. The van der Waals surface area contributed by atoms with Gasteiger partial charge in [0.25, 0.3) is 5.69 Å². The Bertz CT molecular complexity index is 475. The van der Waals surface area contributed by atoms with Crippen LogP contribution in [0, 0.1) is 10.1 Å². The van der Waals surface area contributed by atoms with E-state index in [2.05, 4.69) is 5.32 Å². The monoisotopic (exact) mass is 268 g/mol. The highest BCUT2D eigenvalue weighted by Gasteiger charge is 2.17. The van der Waals surface area contributed by atoms with Gasteiger partial charge in [-0.05, 0) is 18.9 Å². The molecule has 0 aliphatic rings. The van der Waals surface area contributed by atoms with Gasteiger partial charge in [-0.3, -0.25) is 10.1 Å². The third-order valence-electron chi connectivity index (χ3n) is 2.77. The van der Waals surface area contributed by atoms with Crippen molar-refractivity contribution in [1.29, 1.82) is 0 Å². The first-order valence-corrected chi connectivity index (χ1v) is 5.88. The molecule has 0 aliphatic heterocycles. The highest BCUT2D eigenvalue weighted by molar-refractivity contribution is 5.95. The van der Waals surface area contributed by atoms with Gasteiger partial charge in [0.15, 0.2) is 0 Å². The highest BCUT2D eigenvalue weighted by Crippen LogP contribution is 2.23. The number of aromatic carboxylic acids is 1. The van der Waals surface area contributed by atoms with Crippen molar-refractivity contribution in [3.63, 3.8) is 0 Å². The Kier molecular flexibility index (Phi) is 5.25. The van der Waals surface area contributed by atoms with Crippen molar-refractivity contribution in [2.75, 3.05) is 11.9 Å². The van der Waals surface area contributed by atoms with Crippen LogP contribution in [0.4, 0.5) is 11.4 Å². The zero-order chi connectivity index (χ0) is 14.4. The third kappa shape index (κ3) is 3.92. The van der Waals surface area contributed by atoms with Crippen LogP contribution in [0.5, 0.6) is 0 Å². The Balaban J connectivity index is 3.06. The van der Waals surface area contributed by atoms with Crippen LogP contribution in [0.1, 0.15) is 30.1 Å². The minimum Gasteiger partial charge on any atom is -0.478 e. The van der Waals surface area contributed by atoms with E-state index in [1.165, 1.54) is 12.1 Å². The van der Waals surface area contributed by atoms with E-state index in [-0.39, 0.29) is 23.9 Å². The molecule has 1 rings (SSSR count). The van der Waals surface area contributed by atoms with Crippen molar-refractivity contribution in [2.45, 2.75) is 25.8 Å². The fraction of sp³-hybridized carbons (Fsp3) is 0.417. The van der Waals surface area contributed by atoms with Crippen molar-refractivity contribution in [3.8, 4) is 0 Å². The molecule has 0 amide bonds. The van der Waals surface area contributed by atoms with Crippen molar-refractivity contribution in [3.05, 3.63) is 33.9 Å². The molecule has 7 nitrogen and oxygen atoms in total. The molecular formula is C12H16N2O5. The maximum absolute atomic E-state index is 11.1. The number of benzene rings is 1. The lowest BCUT2D eigenvalue weighted by molar-refractivity contribution is -0.384. The van der Waals surface area contributed by atoms with Crippen LogP contribution in [0.15, 0.2) is 18.2 Å². The molecule has 0 radical (unpaired) electrons. The minimum absolute atomic E-state index is 0.0130. The van der Waals surface area contributed by atoms with Gasteiger partial charge in [-0.15, -0.1) is 0 Å². The van der Waals surface area contributed by atoms with E-state index in [9.17, 15) is 14.9 Å². The largest absolute Gasteiger partial charge is 0.478 e. The molecule has 0 fully saturated rings. The molecule has 1 unspecified atom stereocenters. The molecule has 19 heavy (non-hydrogen) atoms. The predicted molar refractivity (Wildman–Crippen MR) is 69.5 cm³/mol. The second-order valence-electron chi connectivity index (χ2n) is 4.05. The zero-order valence-corrected chi connectivity index (χ0v) is 10.5. The summed E-state index contributed by atoms with van der Waals surface area (Å²) < 4.78 is 0. The van der Waals surface area contributed by atoms with E-state index in [0.29, 0.717) is 18.5 Å². The smallest absolute Gasteiger partial charge is 0.338 e. The van der Waals surface area contributed by atoms with Gasteiger partial charge in [0.05, 0.1) is 10.5 Å². The number of nitrogens with one attached hydrogen (secondary N) is 1. The van der Waals surface area contributed by atoms with Gasteiger partial charge in [-0.1, -0.05) is 6.92 Å². The number of non-ortho nitro benzene ring substituents is 1. The standard InChI is InChI=1S/C12H16N2O5/c1-2-8(5-6-15)13-11-4-3-9(14(18)19)7-10(11)12(16)17/h3-4,7-8,13,15H,2,5-6H2,1H3,(H,16,17). The summed E-state index contributed by atoms with van der Waals surface area (Å²) in [5.74, 6) is -1.23. The molecule has 0 heterocycles. The lowest BCUT2D eigenvalue weighted by Crippen LogP contribution is -2.21. The van der Waals surface area contributed by atoms with Gasteiger partial charge in [0.2, 0.25) is 0 Å². The summed E-state index contributed by atoms with van der Waals surface area (Å²) >= 11 is 0. The van der Waals surface area contributed by atoms with Crippen LogP contribution in [0.2, 0.25) is 0 Å². The molecule has 0 aromatic heterocycles. The molecule has 0 aliphatic carbocycles. The predicted octanol–water partition coefficient (Wildman–Crippen LogP) is 1.87. The number of aliphatic hydroxyl groups excluding tert-OH is 1. The Labute approximate surface area is 110 Å². The molecule has 0 bridgehead atoms. The van der Waals surface area contributed by atoms with E-state index in [0.717, 1.165) is 6.07 Å². The van der Waals surface area contributed by atoms with E-state index in [1.807, 2.05) is 6.92 Å². The minimum atomic E-state index is -1.23. The van der Waals surface area contributed by atoms with Crippen LogP contribution in [0.25, 0.3) is 0 Å². The van der Waals surface area contributed by atoms with Gasteiger partial charge >= 0.3 is 5.97 Å². The third-order valence-corrected chi connectivity index (χ3v) is 2.77. The fourth-order valence-electron chi connectivity index (χ4n) is 1.70. The van der Waals surface area contributed by atoms with Crippen LogP contribution in [0.3, 0.4) is 0 Å². The van der Waals surface area contributed by atoms with Gasteiger partial charge < -0.3 is 15.5 Å². The Morgan fingerprint density at radius 3 is 2.68 bits per heavy atom. The lowest BCUT2D eigenvalue weighted by atomic mass is 10.1. The number of nitro groups is 1. The van der Waals surface area contributed by atoms with Crippen molar-refractivity contribution in [1.82, 2.24) is 0 Å². The number of nitro benzene ring substituents is 1. The molecule has 0 saturated heterocycles. The van der Waals surface area contributed by atoms with Gasteiger partial charge in [0.1, 0.15) is 0 Å². The number of hydrogen-bond donors (Lipinski definition) is 3. The Hall–Kier alpha value is -2.15. The molecule has 3 N–H and O–H groups in total. The van der Waals surface area contributed by atoms with E-state index < -0.39 is 10.9 Å². The maximum atomic E-state index is 11.1. The van der Waals surface area contributed by atoms with Crippen LogP contribution < -0.4 is 5.32 Å². The summed E-state index contributed by atoms with van der Waals surface area (Å²) in [7, 11) is 0. The molecule has 1 atom stereocenters. The van der Waals surface area contributed by atoms with Crippen LogP contribution >= 0.6 is 0 Å². The lowest BCUT2D eigenvalue weighted by Gasteiger charge is -2.18. The second kappa shape index (κ2) is 6.69. The number of anilines is 1. The number of aliphatic hydroxyl groups is 1. The molecule has 7 heteroatoms. The van der Waals surface area contributed by atoms with Gasteiger partial charge in [-0.2, -0.15) is 0 Å². The first kappa shape index (κ1) is 14.9. The van der Waals surface area contributed by atoms with Crippen LogP contribution in [-0.4, -0.2) is 33.8 Å². The summed E-state index contributed by atoms with van der Waals surface area (Å²) in [5.41, 5.74) is -0.0952. The molecule has 1 aromatic rings. The number of carbonyl (C=O) groups is 1. The van der Waals surface area contributed by atoms with Crippen molar-refractivity contribution in [2.24, 2.45) is 0 Å². The van der Waals surface area contributed by atoms with Crippen molar-refractivity contribution >= 4 is 17.3 Å². The molecule has 104 valence electrons. The van der Waals surface area contributed by atoms with Crippen molar-refractivity contribution < 1.29 is 19.9 Å². The Morgan fingerprint density at radius 1 is 1.53 bits per heavy atom. The number of nitrogens with zero attached hydrogens (tertiary/aromatic N) is 1. The highest BCUT2D eigenvalue weighted by atomic mass is 16.6. The molecular weight excluding hydrogens is 252 g/mol. The fourth-order valence-corrected chi connectivity index (χ4v) is 1.70. The summed E-state index contributed by atoms with van der Waals surface area (Å²) in [4.78, 5) is 21.1. The summed E-state index contributed by atoms with van der Waals surface area (Å²) in [6, 6.07) is 3.57. The van der Waals surface area contributed by atoms with E-state index >= 15 is 0 Å². The average molecular weight is 268 g/mol. The summed E-state index contributed by atoms with van der Waals surface area (Å²) in [6.07, 6.45) is 1.18. The number of rotatable bonds is 7. The molecule has 0 saturated carbocycles. The first-order chi connectivity index (χ1) is 8.99. The molecule has 0 spiro atoms. The van der Waals surface area contributed by atoms with Crippen LogP contribution in [-0.2, 0) is 0 Å². The number of carboxylic acid groups (broad SMARTS) is 1. The normalized spacial score (nSPS) is 11.9. The maximum Gasteiger partial charge on any atom is 0.338 e. The summed E-state index contributed by atoms with van der Waals surface area (Å²) in [5, 5.41) is 31.6. The van der Waals surface area contributed by atoms with E-state index in [4.69, 9.17) is 10.2 Å². The van der Waals surface area contributed by atoms with Gasteiger partial charge in [-0.25, -0.2) is 4.79 Å². The number of hydrogen-bond acceptors (Lipinski definition) is 5. The second-order valence-corrected chi connectivity index (χ2v) is 4.05. The Morgan fingerprint density at radius 2 is 2.21 bits per heavy atom. The SMILES string of the molecule is CCC(CCO)Nc1ccc([N+](=O)[O-])cc1C(=O)O. The zero-order valence-electron chi connectivity index (χ0n) is 10.5. The summed E-state index contributed by atoms with van der Waals surface area (Å²) in [6.45, 7) is 1.89. The topological polar surface area (TPSA) is 113 Å².